The highest BCUT2D eigenvalue weighted by atomic mass is 16.8. The normalized spacial score (nSPS) is 28.9. The van der Waals surface area contributed by atoms with Crippen molar-refractivity contribution < 1.29 is 110 Å². The molecule has 1 fully saturated rings. The molecule has 72 heavy (non-hydrogen) atoms. The SMILES string of the molecule is Oc1cc(O)c2c(c1)O[C@@]1(c3ccc(O)c(O)c3)Oc3cc(O)c4c(c3[C@@H]2[C@@H]1O[C@@H]1OC[C@H](O)[C@H](O)[C@H]1O)O[C@H](c1ccc(O)c(O)c1)[C@H](O)[C@H]4c1c(O)cc(O)c2c1O[C@H](c1ccc(O)c(O)c1)[C@@H](O)C2. The van der Waals surface area contributed by atoms with Gasteiger partial charge < -0.3 is 110 Å². The summed E-state index contributed by atoms with van der Waals surface area (Å²) in [5.74, 6) is -13.8. The van der Waals surface area contributed by atoms with E-state index in [-0.39, 0.29) is 73.9 Å². The number of rotatable bonds is 6. The first kappa shape index (κ1) is 46.4. The topological polar surface area (TPSA) is 379 Å². The Bertz CT molecular complexity index is 3200. The van der Waals surface area contributed by atoms with E-state index in [0.717, 1.165) is 60.7 Å². The van der Waals surface area contributed by atoms with E-state index >= 15 is 0 Å². The number of phenols is 11. The molecule has 5 heterocycles. The Kier molecular flexibility index (Phi) is 10.7. The lowest BCUT2D eigenvalue weighted by molar-refractivity contribution is -0.327. The van der Waals surface area contributed by atoms with Gasteiger partial charge in [-0.1, -0.05) is 12.1 Å². The summed E-state index contributed by atoms with van der Waals surface area (Å²) in [5, 5.41) is 178. The molecule has 22 heteroatoms. The number of hydrogen-bond acceptors (Lipinski definition) is 22. The molecule has 0 unspecified atom stereocenters. The summed E-state index contributed by atoms with van der Waals surface area (Å²) in [6.45, 7) is -0.567. The van der Waals surface area contributed by atoms with Crippen LogP contribution in [0.4, 0.5) is 0 Å². The standard InChI is InChI=1S/C50H44O22/c51-19-10-28(59)35-33(11-19)71-50(18-3-6-23(54)27(58)9-18)48(70-49-43(66)41(64)32(63)15-67-49)40(35)38-34(72-50)14-30(61)37-39(42(65)45(69-47(37)38)17-2-5-22(53)26(57)8-17)36-29(60)13-24(55)20-12-31(62)44(68-46(20)36)16-1-4-21(52)25(56)7-16/h1-11,13-14,31-32,39-45,48-49,51-66H,12,15H2/t31-,32-,39-,40+,41-,42+,43+,44+,45+,48-,49-,50-/m0/s1. The average molecular weight is 997 g/mol. The number of fused-ring (bicyclic) bond motifs is 9. The molecule has 0 aromatic heterocycles. The fourth-order valence-corrected chi connectivity index (χ4v) is 10.5. The Labute approximate surface area is 404 Å². The molecule has 0 spiro atoms. The number of hydrogen-bond donors (Lipinski definition) is 16. The van der Waals surface area contributed by atoms with Crippen LogP contribution in [0.3, 0.4) is 0 Å². The number of ether oxygens (including phenoxy) is 6. The lowest BCUT2D eigenvalue weighted by Crippen LogP contribution is -2.62. The zero-order chi connectivity index (χ0) is 51.0. The lowest BCUT2D eigenvalue weighted by Gasteiger charge is -2.53. The van der Waals surface area contributed by atoms with Crippen LogP contribution in [0.5, 0.6) is 86.2 Å². The van der Waals surface area contributed by atoms with E-state index in [4.69, 9.17) is 28.4 Å². The summed E-state index contributed by atoms with van der Waals surface area (Å²) in [6.07, 6.45) is -15.8. The minimum atomic E-state index is -2.45. The molecular weight excluding hydrogens is 953 g/mol. The highest BCUT2D eigenvalue weighted by molar-refractivity contribution is 5.72. The minimum Gasteiger partial charge on any atom is -0.508 e. The Balaban J connectivity index is 1.20. The van der Waals surface area contributed by atoms with Crippen molar-refractivity contribution in [1.82, 2.24) is 0 Å². The number of benzene rings is 6. The number of aliphatic hydroxyl groups is 5. The van der Waals surface area contributed by atoms with Crippen LogP contribution in [0.2, 0.25) is 0 Å². The van der Waals surface area contributed by atoms with Crippen molar-refractivity contribution in [2.75, 3.05) is 6.61 Å². The smallest absolute Gasteiger partial charge is 0.305 e. The second kappa shape index (κ2) is 16.6. The average Bonchev–Trinajstić information content (AvgIpc) is 3.32. The van der Waals surface area contributed by atoms with Gasteiger partial charge in [0, 0.05) is 64.1 Å². The van der Waals surface area contributed by atoms with E-state index in [0.29, 0.717) is 0 Å². The molecule has 11 rings (SSSR count). The maximum absolute atomic E-state index is 12.8. The van der Waals surface area contributed by atoms with Gasteiger partial charge in [0.05, 0.1) is 24.5 Å². The fourth-order valence-electron chi connectivity index (χ4n) is 10.5. The van der Waals surface area contributed by atoms with Crippen molar-refractivity contribution in [3.8, 4) is 86.2 Å². The third-order valence-electron chi connectivity index (χ3n) is 13.9. The highest BCUT2D eigenvalue weighted by Gasteiger charge is 2.63. The van der Waals surface area contributed by atoms with E-state index in [1.165, 1.54) is 18.2 Å². The highest BCUT2D eigenvalue weighted by Crippen LogP contribution is 2.66. The zero-order valence-corrected chi connectivity index (χ0v) is 36.9. The third-order valence-corrected chi connectivity index (χ3v) is 13.9. The van der Waals surface area contributed by atoms with Crippen LogP contribution in [-0.4, -0.2) is 131 Å². The van der Waals surface area contributed by atoms with Gasteiger partial charge in [-0.15, -0.1) is 0 Å². The van der Waals surface area contributed by atoms with Gasteiger partial charge in [-0.3, -0.25) is 0 Å². The van der Waals surface area contributed by atoms with Crippen LogP contribution in [0.1, 0.15) is 68.6 Å². The van der Waals surface area contributed by atoms with Crippen LogP contribution >= 0.6 is 0 Å². The molecule has 6 aromatic rings. The summed E-state index contributed by atoms with van der Waals surface area (Å²) >= 11 is 0. The van der Waals surface area contributed by atoms with E-state index in [2.05, 4.69) is 0 Å². The minimum absolute atomic E-state index is 0.0173. The number of aliphatic hydroxyl groups excluding tert-OH is 5. The van der Waals surface area contributed by atoms with Crippen LogP contribution in [0.25, 0.3) is 0 Å². The molecule has 0 radical (unpaired) electrons. The van der Waals surface area contributed by atoms with Crippen molar-refractivity contribution in [3.63, 3.8) is 0 Å². The molecule has 2 bridgehead atoms. The molecule has 22 nitrogen and oxygen atoms in total. The zero-order valence-electron chi connectivity index (χ0n) is 36.9. The Morgan fingerprint density at radius 3 is 1.68 bits per heavy atom. The van der Waals surface area contributed by atoms with Gasteiger partial charge in [0.15, 0.2) is 53.0 Å². The van der Waals surface area contributed by atoms with E-state index in [9.17, 15) is 81.7 Å². The molecule has 5 aliphatic heterocycles. The van der Waals surface area contributed by atoms with Gasteiger partial charge in [-0.25, -0.2) is 0 Å². The first-order chi connectivity index (χ1) is 34.3. The maximum atomic E-state index is 12.8. The summed E-state index contributed by atoms with van der Waals surface area (Å²) < 4.78 is 38.7. The second-order valence-corrected chi connectivity index (χ2v) is 18.2. The number of aromatic hydroxyl groups is 11. The van der Waals surface area contributed by atoms with Crippen LogP contribution in [-0.2, 0) is 21.7 Å². The van der Waals surface area contributed by atoms with E-state index in [1.807, 2.05) is 0 Å². The molecule has 0 amide bonds. The van der Waals surface area contributed by atoms with Gasteiger partial charge in [-0.05, 0) is 53.6 Å². The monoisotopic (exact) mass is 996 g/mol. The number of phenolic OH excluding ortho intramolecular Hbond substituents is 11. The molecule has 6 aromatic carbocycles. The molecule has 5 aliphatic rings. The third kappa shape index (κ3) is 6.98. The van der Waals surface area contributed by atoms with Crippen molar-refractivity contribution >= 4 is 0 Å². The summed E-state index contributed by atoms with van der Waals surface area (Å²) in [7, 11) is 0. The molecule has 376 valence electrons. The molecule has 16 N–H and O–H groups in total. The molecule has 12 atom stereocenters. The lowest BCUT2D eigenvalue weighted by atomic mass is 9.71. The molecule has 0 saturated carbocycles. The Morgan fingerprint density at radius 2 is 1.03 bits per heavy atom. The van der Waals surface area contributed by atoms with Gasteiger partial charge in [0.25, 0.3) is 0 Å². The maximum Gasteiger partial charge on any atom is 0.305 e. The van der Waals surface area contributed by atoms with Gasteiger partial charge in [-0.2, -0.15) is 0 Å². The van der Waals surface area contributed by atoms with E-state index in [1.54, 1.807) is 0 Å². The van der Waals surface area contributed by atoms with Crippen molar-refractivity contribution in [2.24, 2.45) is 0 Å². The Morgan fingerprint density at radius 1 is 0.458 bits per heavy atom. The predicted molar refractivity (Wildman–Crippen MR) is 239 cm³/mol. The van der Waals surface area contributed by atoms with Gasteiger partial charge in [0.1, 0.15) is 82.3 Å². The molecule has 0 aliphatic carbocycles. The molecule has 1 saturated heterocycles. The van der Waals surface area contributed by atoms with E-state index < -0.39 is 143 Å². The molecular formula is C50H44O22. The first-order valence-electron chi connectivity index (χ1n) is 22.2. The Hall–Kier alpha value is -7.96. The predicted octanol–water partition coefficient (Wildman–Crippen LogP) is 2.71. The largest absolute Gasteiger partial charge is 0.508 e. The van der Waals surface area contributed by atoms with Crippen molar-refractivity contribution in [1.29, 1.82) is 0 Å². The van der Waals surface area contributed by atoms with Gasteiger partial charge >= 0.3 is 5.79 Å². The summed E-state index contributed by atoms with van der Waals surface area (Å²) in [5.41, 5.74) is -1.05. The van der Waals surface area contributed by atoms with Crippen molar-refractivity contribution in [2.45, 2.75) is 79.2 Å². The van der Waals surface area contributed by atoms with Crippen LogP contribution in [0, 0.1) is 0 Å². The first-order valence-corrected chi connectivity index (χ1v) is 22.2. The fraction of sp³-hybridized carbons (Fsp3) is 0.280. The van der Waals surface area contributed by atoms with Crippen LogP contribution in [0.15, 0.2) is 78.9 Å². The van der Waals surface area contributed by atoms with Crippen LogP contribution < -0.4 is 18.9 Å². The van der Waals surface area contributed by atoms with Crippen molar-refractivity contribution in [3.05, 3.63) is 123 Å². The summed E-state index contributed by atoms with van der Waals surface area (Å²) in [4.78, 5) is 0. The second-order valence-electron chi connectivity index (χ2n) is 18.2. The van der Waals surface area contributed by atoms with Gasteiger partial charge in [0.2, 0.25) is 0 Å². The summed E-state index contributed by atoms with van der Waals surface area (Å²) in [6, 6.07) is 14.5. The quantitative estimate of drug-likeness (QED) is 0.107.